The molecule has 1 aliphatic rings. The van der Waals surface area contributed by atoms with E-state index in [1.54, 1.807) is 0 Å². The normalized spacial score (nSPS) is 23.8. The molecule has 0 radical (unpaired) electrons. The second-order valence-electron chi connectivity index (χ2n) is 5.20. The molecule has 0 fully saturated rings. The second kappa shape index (κ2) is 7.92. The van der Waals surface area contributed by atoms with Gasteiger partial charge in [0.2, 0.25) is 0 Å². The Balaban J connectivity index is 2.41. The highest BCUT2D eigenvalue weighted by atomic mass is 35.5. The summed E-state index contributed by atoms with van der Waals surface area (Å²) in [6.07, 6.45) is -1.23. The third kappa shape index (κ3) is 4.11. The minimum absolute atomic E-state index is 0.0305. The van der Waals surface area contributed by atoms with Gasteiger partial charge in [-0.05, 0) is 11.6 Å². The smallest absolute Gasteiger partial charge is 0.413 e. The Hall–Kier alpha value is -1.03. The zero-order chi connectivity index (χ0) is 19.7. The lowest BCUT2D eigenvalue weighted by Crippen LogP contribution is -2.49. The van der Waals surface area contributed by atoms with E-state index in [1.807, 2.05) is 0 Å². The van der Waals surface area contributed by atoms with Crippen molar-refractivity contribution in [1.29, 1.82) is 0 Å². The number of halogens is 6. The third-order valence-electron chi connectivity index (χ3n) is 3.48. The maximum absolute atomic E-state index is 13.5. The second-order valence-corrected chi connectivity index (χ2v) is 7.58. The van der Waals surface area contributed by atoms with Gasteiger partial charge < -0.3 is 14.4 Å². The van der Waals surface area contributed by atoms with E-state index in [0.29, 0.717) is 5.16 Å². The summed E-state index contributed by atoms with van der Waals surface area (Å²) in [4.78, 5) is 11.8. The first-order chi connectivity index (χ1) is 12.0. The van der Waals surface area contributed by atoms with Crippen molar-refractivity contribution >= 4 is 52.5 Å². The molecule has 1 aromatic rings. The van der Waals surface area contributed by atoms with Crippen molar-refractivity contribution in [2.24, 2.45) is 0 Å². The molecule has 0 saturated heterocycles. The van der Waals surface area contributed by atoms with Crippen LogP contribution in [0.2, 0.25) is 0 Å². The highest BCUT2D eigenvalue weighted by molar-refractivity contribution is 7.99. The van der Waals surface area contributed by atoms with Gasteiger partial charge in [0.1, 0.15) is 11.1 Å². The summed E-state index contributed by atoms with van der Waals surface area (Å²) in [5.41, 5.74) is 0.0305. The van der Waals surface area contributed by atoms with Crippen molar-refractivity contribution < 1.29 is 27.8 Å². The number of ether oxygens (including phenoxy) is 1. The molecule has 144 valence electrons. The van der Waals surface area contributed by atoms with E-state index in [4.69, 9.17) is 44.6 Å². The molecule has 5 nitrogen and oxygen atoms in total. The van der Waals surface area contributed by atoms with Crippen LogP contribution < -0.4 is 0 Å². The Morgan fingerprint density at radius 3 is 2.73 bits per heavy atom. The Morgan fingerprint density at radius 1 is 1.54 bits per heavy atom. The van der Waals surface area contributed by atoms with E-state index >= 15 is 0 Å². The van der Waals surface area contributed by atoms with Gasteiger partial charge in [-0.1, -0.05) is 23.4 Å². The molecule has 1 heterocycles. The monoisotopic (exact) mass is 450 g/mol. The molecule has 2 atom stereocenters. The van der Waals surface area contributed by atoms with Crippen LogP contribution in [-0.2, 0) is 16.1 Å². The molecule has 0 spiro atoms. The van der Waals surface area contributed by atoms with E-state index < -0.39 is 22.4 Å². The number of aromatic nitrogens is 2. The summed E-state index contributed by atoms with van der Waals surface area (Å²) in [7, 11) is 1.15. The third-order valence-corrected chi connectivity index (χ3v) is 6.09. The van der Waals surface area contributed by atoms with Crippen LogP contribution in [0.4, 0.5) is 13.2 Å². The highest BCUT2D eigenvalue weighted by Crippen LogP contribution is 2.50. The number of alkyl halides is 5. The van der Waals surface area contributed by atoms with Gasteiger partial charge in [-0.15, -0.1) is 23.2 Å². The van der Waals surface area contributed by atoms with Crippen LogP contribution in [0, 0.1) is 0 Å². The van der Waals surface area contributed by atoms with Crippen LogP contribution in [0.25, 0.3) is 0 Å². The van der Waals surface area contributed by atoms with Crippen LogP contribution in [-0.4, -0.2) is 49.9 Å². The van der Waals surface area contributed by atoms with Gasteiger partial charge in [0, 0.05) is 12.4 Å². The van der Waals surface area contributed by atoms with Gasteiger partial charge >= 0.3 is 12.1 Å². The summed E-state index contributed by atoms with van der Waals surface area (Å²) < 4.78 is 46.9. The fourth-order valence-corrected chi connectivity index (χ4v) is 3.90. The van der Waals surface area contributed by atoms with Crippen molar-refractivity contribution in [3.05, 3.63) is 34.8 Å². The van der Waals surface area contributed by atoms with E-state index in [9.17, 15) is 18.0 Å². The average molecular weight is 452 g/mol. The number of carboxylic acid groups (broad SMARTS) is 1. The minimum atomic E-state index is -4.86. The topological polar surface area (TPSA) is 64.4 Å². The quantitative estimate of drug-likeness (QED) is 0.518. The van der Waals surface area contributed by atoms with E-state index in [-0.39, 0.29) is 28.7 Å². The number of methoxy groups -OCH3 is 1. The largest absolute Gasteiger partial charge is 0.498 e. The van der Waals surface area contributed by atoms with Crippen LogP contribution in [0.3, 0.4) is 0 Å². The Morgan fingerprint density at radius 2 is 2.19 bits per heavy atom. The lowest BCUT2D eigenvalue weighted by Gasteiger charge is -2.36. The van der Waals surface area contributed by atoms with E-state index in [2.05, 4.69) is 4.98 Å². The van der Waals surface area contributed by atoms with Crippen molar-refractivity contribution in [3.8, 4) is 0 Å². The van der Waals surface area contributed by atoms with Gasteiger partial charge in [-0.2, -0.15) is 13.2 Å². The maximum Gasteiger partial charge on any atom is 0.413 e. The van der Waals surface area contributed by atoms with Crippen LogP contribution in [0.15, 0.2) is 40.0 Å². The number of hydrogen-bond donors (Lipinski definition) is 1. The molecule has 12 heteroatoms. The summed E-state index contributed by atoms with van der Waals surface area (Å²) in [5.74, 6) is -1.60. The van der Waals surface area contributed by atoms with Crippen molar-refractivity contribution in [3.63, 3.8) is 0 Å². The number of nitrogens with zero attached hydrogens (tertiary/aromatic N) is 2. The van der Waals surface area contributed by atoms with Crippen LogP contribution >= 0.6 is 46.6 Å². The summed E-state index contributed by atoms with van der Waals surface area (Å²) in [6.45, 7) is -0.123. The predicted molar refractivity (Wildman–Crippen MR) is 92.8 cm³/mol. The average Bonchev–Trinajstić information content (AvgIpc) is 2.97. The molecule has 0 aliphatic heterocycles. The Bertz CT molecular complexity index is 766. The number of carboxylic acids is 1. The molecule has 1 aliphatic carbocycles. The number of carbonyl (C=O) groups is 1. The zero-order valence-corrected chi connectivity index (χ0v) is 16.1. The van der Waals surface area contributed by atoms with Gasteiger partial charge in [-0.3, -0.25) is 4.79 Å². The van der Waals surface area contributed by atoms with Crippen molar-refractivity contribution in [2.75, 3.05) is 12.9 Å². The molecular weight excluding hydrogens is 440 g/mol. The van der Waals surface area contributed by atoms with Gasteiger partial charge in [0.25, 0.3) is 0 Å². The SMILES string of the molecule is COC1=C(Cl)C(Cn2ccnc2SCC(=O)O)=CC(Cl)(C(F)(F)F)C1Cl. The standard InChI is InChI=1S/C14H12Cl3F3N2O3S/c1-25-10-9(15)7(4-13(17,11(10)16)14(18,19)20)5-22-3-2-21-12(22)26-6-8(23)24/h2-4,11H,5-6H2,1H3,(H,23,24). The lowest BCUT2D eigenvalue weighted by atomic mass is 9.92. The summed E-state index contributed by atoms with van der Waals surface area (Å²) >= 11 is 18.8. The fraction of sp³-hybridized carbons (Fsp3) is 0.429. The number of imidazole rings is 1. The van der Waals surface area contributed by atoms with Crippen LogP contribution in [0.5, 0.6) is 0 Å². The predicted octanol–water partition coefficient (Wildman–Crippen LogP) is 4.24. The maximum atomic E-state index is 13.5. The first-order valence-corrected chi connectivity index (χ1v) is 9.10. The van der Waals surface area contributed by atoms with Gasteiger partial charge in [0.15, 0.2) is 10.0 Å². The lowest BCUT2D eigenvalue weighted by molar-refractivity contribution is -0.151. The first-order valence-electron chi connectivity index (χ1n) is 6.92. The first kappa shape index (κ1) is 21.3. The number of hydrogen-bond acceptors (Lipinski definition) is 4. The molecule has 1 aromatic heterocycles. The molecule has 0 amide bonds. The highest BCUT2D eigenvalue weighted by Gasteiger charge is 2.60. The number of rotatable bonds is 6. The number of aliphatic carboxylic acids is 1. The van der Waals surface area contributed by atoms with Crippen molar-refractivity contribution in [2.45, 2.75) is 28.1 Å². The molecule has 1 N–H and O–H groups in total. The van der Waals surface area contributed by atoms with E-state index in [1.165, 1.54) is 17.0 Å². The molecule has 0 saturated carbocycles. The van der Waals surface area contributed by atoms with Gasteiger partial charge in [0.05, 0.1) is 24.4 Å². The van der Waals surface area contributed by atoms with Crippen LogP contribution in [0.1, 0.15) is 0 Å². The summed E-state index contributed by atoms with van der Waals surface area (Å²) in [6, 6.07) is 0. The molecule has 2 unspecified atom stereocenters. The number of thioether (sulfide) groups is 1. The molecular formula is C14H12Cl3F3N2O3S. The van der Waals surface area contributed by atoms with Gasteiger partial charge in [-0.25, -0.2) is 4.98 Å². The minimum Gasteiger partial charge on any atom is -0.498 e. The summed E-state index contributed by atoms with van der Waals surface area (Å²) in [5, 5.41) is 7.22. The zero-order valence-electron chi connectivity index (χ0n) is 13.1. The Labute approximate surface area is 165 Å². The fourth-order valence-electron chi connectivity index (χ4n) is 2.25. The molecule has 2 rings (SSSR count). The van der Waals surface area contributed by atoms with Crippen molar-refractivity contribution in [1.82, 2.24) is 9.55 Å². The molecule has 26 heavy (non-hydrogen) atoms. The molecule has 0 bridgehead atoms. The number of allylic oxidation sites excluding steroid dienone is 4. The Kier molecular flexibility index (Phi) is 6.48. The van der Waals surface area contributed by atoms with E-state index in [0.717, 1.165) is 24.9 Å². The molecule has 0 aromatic carbocycles.